The van der Waals surface area contributed by atoms with Gasteiger partial charge in [0.1, 0.15) is 10.6 Å². The van der Waals surface area contributed by atoms with E-state index in [9.17, 15) is 28.6 Å². The Morgan fingerprint density at radius 3 is 2.31 bits per heavy atom. The predicted octanol–water partition coefficient (Wildman–Crippen LogP) is 3.96. The Morgan fingerprint density at radius 2 is 1.69 bits per heavy atom. The van der Waals surface area contributed by atoms with Crippen molar-refractivity contribution in [3.63, 3.8) is 0 Å². The van der Waals surface area contributed by atoms with Crippen molar-refractivity contribution in [2.75, 3.05) is 10.1 Å². The Kier molecular flexibility index (Phi) is 6.20. The average molecular weight is 459 g/mol. The number of hydrogen-bond acceptors (Lipinski definition) is 9. The summed E-state index contributed by atoms with van der Waals surface area (Å²) in [5, 5.41) is 25.8. The second kappa shape index (κ2) is 8.85. The lowest BCUT2D eigenvalue weighted by Gasteiger charge is -2.12. The maximum atomic E-state index is 12.7. The molecule has 0 fully saturated rings. The summed E-state index contributed by atoms with van der Waals surface area (Å²) in [6, 6.07) is 10.9. The van der Waals surface area contributed by atoms with Crippen LogP contribution in [0.5, 0.6) is 0 Å². The van der Waals surface area contributed by atoms with Crippen molar-refractivity contribution in [1.82, 2.24) is 0 Å². The largest absolute Gasteiger partial charge is 0.433 e. The SMILES string of the molecule is Cc1ccc(NS(=O)(=O)c2ccc(N/N=C/c3ccc([N+](=O)[O-])o3)c([N+](=O)[O-])c2)c(C)c1. The third kappa shape index (κ3) is 5.07. The van der Waals surface area contributed by atoms with E-state index in [1.54, 1.807) is 25.1 Å². The number of nitro benzene ring substituents is 1. The van der Waals surface area contributed by atoms with Crippen molar-refractivity contribution in [1.29, 1.82) is 0 Å². The van der Waals surface area contributed by atoms with E-state index in [0.29, 0.717) is 11.3 Å². The quantitative estimate of drug-likeness (QED) is 0.289. The van der Waals surface area contributed by atoms with Crippen LogP contribution in [0.3, 0.4) is 0 Å². The summed E-state index contributed by atoms with van der Waals surface area (Å²) in [6.45, 7) is 3.61. The molecule has 0 radical (unpaired) electrons. The summed E-state index contributed by atoms with van der Waals surface area (Å²) < 4.78 is 32.8. The minimum absolute atomic E-state index is 0.0451. The maximum absolute atomic E-state index is 12.7. The molecule has 0 amide bonds. The zero-order chi connectivity index (χ0) is 23.5. The van der Waals surface area contributed by atoms with Gasteiger partial charge in [-0.3, -0.25) is 30.4 Å². The van der Waals surface area contributed by atoms with Crippen LogP contribution in [-0.2, 0) is 10.0 Å². The zero-order valence-electron chi connectivity index (χ0n) is 16.8. The van der Waals surface area contributed by atoms with Crippen molar-refractivity contribution in [2.45, 2.75) is 18.7 Å². The second-order valence-corrected chi connectivity index (χ2v) is 8.35. The molecule has 0 aliphatic heterocycles. The van der Waals surface area contributed by atoms with E-state index in [1.807, 2.05) is 6.92 Å². The van der Waals surface area contributed by atoms with E-state index < -0.39 is 31.4 Å². The maximum Gasteiger partial charge on any atom is 0.433 e. The first kappa shape index (κ1) is 22.4. The lowest BCUT2D eigenvalue weighted by atomic mass is 10.1. The summed E-state index contributed by atoms with van der Waals surface area (Å²) in [5.41, 5.74) is 3.81. The van der Waals surface area contributed by atoms with Gasteiger partial charge in [0.05, 0.1) is 27.8 Å². The van der Waals surface area contributed by atoms with Gasteiger partial charge in [-0.1, -0.05) is 17.7 Å². The van der Waals surface area contributed by atoms with Gasteiger partial charge in [0.2, 0.25) is 0 Å². The fourth-order valence-electron chi connectivity index (χ4n) is 2.73. The van der Waals surface area contributed by atoms with Crippen LogP contribution < -0.4 is 10.1 Å². The van der Waals surface area contributed by atoms with Crippen LogP contribution in [0.4, 0.5) is 22.9 Å². The zero-order valence-corrected chi connectivity index (χ0v) is 17.6. The van der Waals surface area contributed by atoms with Crippen molar-refractivity contribution in [3.05, 3.63) is 85.6 Å². The molecule has 0 aliphatic carbocycles. The van der Waals surface area contributed by atoms with Crippen molar-refractivity contribution >= 4 is 39.2 Å². The van der Waals surface area contributed by atoms with Crippen molar-refractivity contribution in [3.8, 4) is 0 Å². The Bertz CT molecular complexity index is 1330. The summed E-state index contributed by atoms with van der Waals surface area (Å²) in [6.07, 6.45) is 1.09. The predicted molar refractivity (Wildman–Crippen MR) is 116 cm³/mol. The number of nitrogens with zero attached hydrogens (tertiary/aromatic N) is 3. The third-order valence-electron chi connectivity index (χ3n) is 4.27. The molecule has 1 heterocycles. The van der Waals surface area contributed by atoms with Gasteiger partial charge < -0.3 is 4.42 Å². The molecule has 13 heteroatoms. The van der Waals surface area contributed by atoms with Gasteiger partial charge in [0.15, 0.2) is 5.76 Å². The number of hydrogen-bond donors (Lipinski definition) is 2. The monoisotopic (exact) mass is 459 g/mol. The number of hydrazone groups is 1. The average Bonchev–Trinajstić information content (AvgIpc) is 3.19. The fourth-order valence-corrected chi connectivity index (χ4v) is 3.88. The number of aryl methyl sites for hydroxylation is 2. The molecule has 0 aliphatic rings. The molecule has 166 valence electrons. The molecule has 0 unspecified atom stereocenters. The van der Waals surface area contributed by atoms with E-state index in [-0.39, 0.29) is 16.3 Å². The minimum Gasteiger partial charge on any atom is -0.400 e. The first-order chi connectivity index (χ1) is 15.1. The van der Waals surface area contributed by atoms with Gasteiger partial charge >= 0.3 is 5.88 Å². The van der Waals surface area contributed by atoms with Crippen molar-refractivity contribution < 1.29 is 22.7 Å². The van der Waals surface area contributed by atoms with Gasteiger partial charge in [-0.15, -0.1) is 0 Å². The van der Waals surface area contributed by atoms with E-state index >= 15 is 0 Å². The highest BCUT2D eigenvalue weighted by Crippen LogP contribution is 2.29. The summed E-state index contributed by atoms with van der Waals surface area (Å²) in [7, 11) is -4.09. The molecular weight excluding hydrogens is 442 g/mol. The molecule has 32 heavy (non-hydrogen) atoms. The Labute approximate surface area is 181 Å². The van der Waals surface area contributed by atoms with Gasteiger partial charge in [-0.25, -0.2) is 8.42 Å². The Morgan fingerprint density at radius 1 is 0.969 bits per heavy atom. The molecular formula is C19H17N5O7S. The van der Waals surface area contributed by atoms with E-state index in [4.69, 9.17) is 4.42 Å². The highest BCUT2D eigenvalue weighted by Gasteiger charge is 2.22. The first-order valence-corrected chi connectivity index (χ1v) is 10.5. The summed E-state index contributed by atoms with van der Waals surface area (Å²) in [5.74, 6) is -0.438. The van der Waals surface area contributed by atoms with Crippen molar-refractivity contribution in [2.24, 2.45) is 5.10 Å². The van der Waals surface area contributed by atoms with Gasteiger partial charge in [-0.05, 0) is 43.7 Å². The van der Waals surface area contributed by atoms with E-state index in [2.05, 4.69) is 15.2 Å². The number of sulfonamides is 1. The van der Waals surface area contributed by atoms with Crippen LogP contribution in [-0.4, -0.2) is 24.5 Å². The molecule has 12 nitrogen and oxygen atoms in total. The highest BCUT2D eigenvalue weighted by molar-refractivity contribution is 7.92. The molecule has 0 saturated heterocycles. The molecule has 0 bridgehead atoms. The molecule has 2 aromatic carbocycles. The highest BCUT2D eigenvalue weighted by atomic mass is 32.2. The first-order valence-electron chi connectivity index (χ1n) is 8.98. The molecule has 1 aromatic heterocycles. The van der Waals surface area contributed by atoms with Crippen LogP contribution >= 0.6 is 0 Å². The lowest BCUT2D eigenvalue weighted by molar-refractivity contribution is -0.402. The number of nitro groups is 2. The van der Waals surface area contributed by atoms with E-state index in [0.717, 1.165) is 23.9 Å². The van der Waals surface area contributed by atoms with Crippen LogP contribution in [0.25, 0.3) is 0 Å². The molecule has 0 spiro atoms. The molecule has 0 atom stereocenters. The van der Waals surface area contributed by atoms with Crippen LogP contribution in [0.15, 0.2) is 62.9 Å². The number of rotatable bonds is 8. The van der Waals surface area contributed by atoms with Crippen LogP contribution in [0.2, 0.25) is 0 Å². The van der Waals surface area contributed by atoms with Gasteiger partial charge in [0.25, 0.3) is 15.7 Å². The van der Waals surface area contributed by atoms with Crippen LogP contribution in [0, 0.1) is 34.1 Å². The smallest absolute Gasteiger partial charge is 0.400 e. The molecule has 3 aromatic rings. The second-order valence-electron chi connectivity index (χ2n) is 6.66. The third-order valence-corrected chi connectivity index (χ3v) is 5.63. The Balaban J connectivity index is 1.83. The number of furan rings is 1. The normalized spacial score (nSPS) is 11.4. The number of anilines is 2. The minimum atomic E-state index is -4.09. The fraction of sp³-hybridized carbons (Fsp3) is 0.105. The summed E-state index contributed by atoms with van der Waals surface area (Å²) in [4.78, 5) is 20.3. The number of benzene rings is 2. The van der Waals surface area contributed by atoms with E-state index in [1.165, 1.54) is 18.2 Å². The molecule has 0 saturated carbocycles. The Hall–Kier alpha value is -4.26. The standard InChI is InChI=1S/C19H17N5O7S/c1-12-3-6-16(13(2)9-12)22-32(29,30)15-5-7-17(18(10-15)23(25)26)21-20-11-14-4-8-19(31-14)24(27)28/h3-11,21-22H,1-2H3/b20-11+. The summed E-state index contributed by atoms with van der Waals surface area (Å²) >= 11 is 0. The van der Waals surface area contributed by atoms with Crippen LogP contribution in [0.1, 0.15) is 16.9 Å². The molecule has 2 N–H and O–H groups in total. The van der Waals surface area contributed by atoms with Gasteiger partial charge in [-0.2, -0.15) is 5.10 Å². The van der Waals surface area contributed by atoms with Gasteiger partial charge in [0, 0.05) is 6.07 Å². The lowest BCUT2D eigenvalue weighted by Crippen LogP contribution is -2.14. The topological polar surface area (TPSA) is 170 Å². The number of nitrogens with one attached hydrogen (secondary N) is 2. The molecule has 3 rings (SSSR count).